The SMILES string of the molecule is CCc1ccc(C(=O)COC(=O)CN2C(=O)[C@H]3CC=CC[C@@H]3C2=O)cc1. The Balaban J connectivity index is 1.53. The molecular formula is C20H21NO5. The summed E-state index contributed by atoms with van der Waals surface area (Å²) in [4.78, 5) is 49.7. The molecular weight excluding hydrogens is 334 g/mol. The topological polar surface area (TPSA) is 80.8 Å². The van der Waals surface area contributed by atoms with Gasteiger partial charge in [0.2, 0.25) is 11.8 Å². The number of esters is 1. The molecule has 1 saturated heterocycles. The number of amides is 2. The van der Waals surface area contributed by atoms with Gasteiger partial charge < -0.3 is 4.74 Å². The van der Waals surface area contributed by atoms with Crippen molar-refractivity contribution in [3.63, 3.8) is 0 Å². The molecule has 0 unspecified atom stereocenters. The van der Waals surface area contributed by atoms with Gasteiger partial charge in [-0.3, -0.25) is 24.1 Å². The van der Waals surface area contributed by atoms with Gasteiger partial charge in [0, 0.05) is 5.56 Å². The number of hydrogen-bond donors (Lipinski definition) is 0. The second-order valence-electron chi connectivity index (χ2n) is 6.55. The number of allylic oxidation sites excluding steroid dienone is 2. The van der Waals surface area contributed by atoms with Crippen molar-refractivity contribution in [2.24, 2.45) is 11.8 Å². The Labute approximate surface area is 151 Å². The molecule has 1 aromatic rings. The van der Waals surface area contributed by atoms with Gasteiger partial charge in [-0.05, 0) is 24.8 Å². The maximum absolute atomic E-state index is 12.3. The Bertz CT molecular complexity index is 739. The minimum atomic E-state index is -0.753. The third-order valence-electron chi connectivity index (χ3n) is 4.93. The van der Waals surface area contributed by atoms with E-state index in [1.165, 1.54) is 0 Å². The number of Topliss-reactive ketones (excluding diaryl/α,β-unsaturated/α-hetero) is 1. The lowest BCUT2D eigenvalue weighted by Crippen LogP contribution is -2.37. The van der Waals surface area contributed by atoms with E-state index in [-0.39, 0.29) is 29.4 Å². The molecule has 26 heavy (non-hydrogen) atoms. The van der Waals surface area contributed by atoms with Gasteiger partial charge in [0.15, 0.2) is 12.4 Å². The molecule has 0 bridgehead atoms. The number of ether oxygens (including phenoxy) is 1. The van der Waals surface area contributed by atoms with Gasteiger partial charge in [0.05, 0.1) is 11.8 Å². The van der Waals surface area contributed by atoms with E-state index < -0.39 is 19.1 Å². The van der Waals surface area contributed by atoms with Crippen LogP contribution in [-0.4, -0.2) is 41.6 Å². The average Bonchev–Trinajstić information content (AvgIpc) is 2.91. The average molecular weight is 355 g/mol. The van der Waals surface area contributed by atoms with Crippen molar-refractivity contribution < 1.29 is 23.9 Å². The molecule has 1 aromatic carbocycles. The van der Waals surface area contributed by atoms with Crippen molar-refractivity contribution in [1.29, 1.82) is 0 Å². The third-order valence-corrected chi connectivity index (χ3v) is 4.93. The van der Waals surface area contributed by atoms with E-state index >= 15 is 0 Å². The summed E-state index contributed by atoms with van der Waals surface area (Å²) >= 11 is 0. The highest BCUT2D eigenvalue weighted by molar-refractivity contribution is 6.07. The zero-order chi connectivity index (χ0) is 18.7. The van der Waals surface area contributed by atoms with Gasteiger partial charge >= 0.3 is 5.97 Å². The zero-order valence-corrected chi connectivity index (χ0v) is 14.6. The second kappa shape index (κ2) is 7.64. The minimum Gasteiger partial charge on any atom is -0.456 e. The van der Waals surface area contributed by atoms with Crippen molar-refractivity contribution >= 4 is 23.6 Å². The molecule has 2 aliphatic rings. The highest BCUT2D eigenvalue weighted by Crippen LogP contribution is 2.34. The van der Waals surface area contributed by atoms with E-state index in [1.54, 1.807) is 12.1 Å². The maximum atomic E-state index is 12.3. The monoisotopic (exact) mass is 355 g/mol. The van der Waals surface area contributed by atoms with Crippen molar-refractivity contribution in [2.45, 2.75) is 26.2 Å². The first-order chi connectivity index (χ1) is 12.5. The Kier molecular flexibility index (Phi) is 5.30. The minimum absolute atomic E-state index is 0.321. The second-order valence-corrected chi connectivity index (χ2v) is 6.55. The number of nitrogens with zero attached hydrogens (tertiary/aromatic N) is 1. The molecule has 6 nitrogen and oxygen atoms in total. The van der Waals surface area contributed by atoms with Crippen LogP contribution in [0.3, 0.4) is 0 Å². The molecule has 0 spiro atoms. The van der Waals surface area contributed by atoms with E-state index in [1.807, 2.05) is 31.2 Å². The molecule has 1 aliphatic carbocycles. The number of imide groups is 1. The number of benzene rings is 1. The van der Waals surface area contributed by atoms with Crippen LogP contribution in [0.5, 0.6) is 0 Å². The van der Waals surface area contributed by atoms with Gasteiger partial charge in [-0.25, -0.2) is 0 Å². The standard InChI is InChI=1S/C20H21NO5/c1-2-13-7-9-14(10-8-13)17(22)12-26-18(23)11-21-19(24)15-5-3-4-6-16(15)20(21)25/h3-4,7-10,15-16H,2,5-6,11-12H2,1H3/t15-,16-/m0/s1. The van der Waals surface area contributed by atoms with Crippen LogP contribution < -0.4 is 0 Å². The molecule has 0 aromatic heterocycles. The molecule has 2 amide bonds. The van der Waals surface area contributed by atoms with Crippen LogP contribution in [0, 0.1) is 11.8 Å². The first-order valence-corrected chi connectivity index (χ1v) is 8.79. The Morgan fingerprint density at radius 2 is 1.62 bits per heavy atom. The smallest absolute Gasteiger partial charge is 0.326 e. The molecule has 1 fully saturated rings. The number of aryl methyl sites for hydroxylation is 1. The van der Waals surface area contributed by atoms with E-state index in [0.717, 1.165) is 16.9 Å². The number of carbonyl (C=O) groups is 4. The fraction of sp³-hybridized carbons (Fsp3) is 0.400. The lowest BCUT2D eigenvalue weighted by atomic mass is 9.85. The number of carbonyl (C=O) groups excluding carboxylic acids is 4. The summed E-state index contributed by atoms with van der Waals surface area (Å²) < 4.78 is 4.98. The van der Waals surface area contributed by atoms with Gasteiger partial charge in [-0.2, -0.15) is 0 Å². The fourth-order valence-corrected chi connectivity index (χ4v) is 3.36. The van der Waals surface area contributed by atoms with Gasteiger partial charge in [-0.1, -0.05) is 43.3 Å². The molecule has 1 heterocycles. The van der Waals surface area contributed by atoms with Crippen LogP contribution in [-0.2, 0) is 25.5 Å². The van der Waals surface area contributed by atoms with Crippen LogP contribution >= 0.6 is 0 Å². The van der Waals surface area contributed by atoms with Crippen LogP contribution in [0.4, 0.5) is 0 Å². The molecule has 2 atom stereocenters. The van der Waals surface area contributed by atoms with Crippen LogP contribution in [0.2, 0.25) is 0 Å². The predicted octanol–water partition coefficient (Wildman–Crippen LogP) is 1.93. The Morgan fingerprint density at radius 3 is 2.15 bits per heavy atom. The molecule has 1 aliphatic heterocycles. The Morgan fingerprint density at radius 1 is 1.04 bits per heavy atom. The number of fused-ring (bicyclic) bond motifs is 1. The summed E-state index contributed by atoms with van der Waals surface area (Å²) in [7, 11) is 0. The molecule has 0 saturated carbocycles. The number of ketones is 1. The predicted molar refractivity (Wildman–Crippen MR) is 93.2 cm³/mol. The van der Waals surface area contributed by atoms with Gasteiger partial charge in [0.1, 0.15) is 6.54 Å². The molecule has 0 radical (unpaired) electrons. The summed E-state index contributed by atoms with van der Waals surface area (Å²) in [5.74, 6) is -2.49. The van der Waals surface area contributed by atoms with Crippen molar-refractivity contribution in [1.82, 2.24) is 4.90 Å². The van der Waals surface area contributed by atoms with E-state index in [4.69, 9.17) is 4.74 Å². The zero-order valence-electron chi connectivity index (χ0n) is 14.6. The lowest BCUT2D eigenvalue weighted by molar-refractivity contribution is -0.152. The summed E-state index contributed by atoms with van der Waals surface area (Å²) in [6.45, 7) is 1.17. The normalized spacial score (nSPS) is 21.7. The van der Waals surface area contributed by atoms with Crippen LogP contribution in [0.15, 0.2) is 36.4 Å². The van der Waals surface area contributed by atoms with E-state index in [9.17, 15) is 19.2 Å². The van der Waals surface area contributed by atoms with Crippen molar-refractivity contribution in [2.75, 3.05) is 13.2 Å². The van der Waals surface area contributed by atoms with E-state index in [2.05, 4.69) is 0 Å². The van der Waals surface area contributed by atoms with Crippen LogP contribution in [0.25, 0.3) is 0 Å². The van der Waals surface area contributed by atoms with Gasteiger partial charge in [-0.15, -0.1) is 0 Å². The number of rotatable bonds is 6. The highest BCUT2D eigenvalue weighted by atomic mass is 16.5. The largest absolute Gasteiger partial charge is 0.456 e. The first-order valence-electron chi connectivity index (χ1n) is 8.79. The van der Waals surface area contributed by atoms with Crippen molar-refractivity contribution in [3.8, 4) is 0 Å². The third kappa shape index (κ3) is 3.59. The van der Waals surface area contributed by atoms with Crippen molar-refractivity contribution in [3.05, 3.63) is 47.5 Å². The summed E-state index contributed by atoms with van der Waals surface area (Å²) in [6, 6.07) is 7.10. The Hall–Kier alpha value is -2.76. The molecule has 136 valence electrons. The van der Waals surface area contributed by atoms with Crippen LogP contribution in [0.1, 0.15) is 35.7 Å². The summed E-state index contributed by atoms with van der Waals surface area (Å²) in [6.07, 6.45) is 5.69. The lowest BCUT2D eigenvalue weighted by Gasteiger charge is -2.14. The first kappa shape index (κ1) is 18.0. The maximum Gasteiger partial charge on any atom is 0.326 e. The molecule has 0 N–H and O–H groups in total. The summed E-state index contributed by atoms with van der Waals surface area (Å²) in [5, 5.41) is 0. The molecule has 3 rings (SSSR count). The molecule has 6 heteroatoms. The fourth-order valence-electron chi connectivity index (χ4n) is 3.36. The number of likely N-dealkylation sites (tertiary alicyclic amines) is 1. The number of hydrogen-bond acceptors (Lipinski definition) is 5. The summed E-state index contributed by atoms with van der Waals surface area (Å²) in [5.41, 5.74) is 1.57. The quantitative estimate of drug-likeness (QED) is 0.337. The van der Waals surface area contributed by atoms with Gasteiger partial charge in [0.25, 0.3) is 0 Å². The highest BCUT2D eigenvalue weighted by Gasteiger charge is 2.47. The van der Waals surface area contributed by atoms with E-state index in [0.29, 0.717) is 18.4 Å².